The summed E-state index contributed by atoms with van der Waals surface area (Å²) in [5.74, 6) is 0. The van der Waals surface area contributed by atoms with Gasteiger partial charge in [0.15, 0.2) is 0 Å². The first-order valence-corrected chi connectivity index (χ1v) is 9.00. The van der Waals surface area contributed by atoms with Crippen LogP contribution in [0, 0.1) is 0 Å². The molecule has 134 valence electrons. The summed E-state index contributed by atoms with van der Waals surface area (Å²) in [5, 5.41) is 24.2. The third kappa shape index (κ3) is 3.05. The second-order valence-electron chi connectivity index (χ2n) is 6.33. The second-order valence-corrected chi connectivity index (χ2v) is 6.33. The van der Waals surface area contributed by atoms with Crippen LogP contribution in [0.2, 0.25) is 0 Å². The Kier molecular flexibility index (Phi) is 5.45. The molecule has 0 saturated heterocycles. The van der Waals surface area contributed by atoms with E-state index in [1.165, 1.54) is 0 Å². The predicted molar refractivity (Wildman–Crippen MR) is 119 cm³/mol. The molecular formula is C24H23BO2. The Labute approximate surface area is 160 Å². The Morgan fingerprint density at radius 2 is 1.48 bits per heavy atom. The van der Waals surface area contributed by atoms with Gasteiger partial charge < -0.3 is 10.0 Å². The van der Waals surface area contributed by atoms with Crippen LogP contribution in [0.5, 0.6) is 0 Å². The molecule has 0 amide bonds. The third-order valence-corrected chi connectivity index (χ3v) is 5.01. The Balaban J connectivity index is 2.67. The highest BCUT2D eigenvalue weighted by molar-refractivity contribution is 6.63. The maximum Gasteiger partial charge on any atom is 0.489 e. The second kappa shape index (κ2) is 7.79. The molecule has 0 bridgehead atoms. The molecule has 3 aromatic rings. The van der Waals surface area contributed by atoms with Gasteiger partial charge in [-0.25, -0.2) is 0 Å². The molecule has 0 heterocycles. The van der Waals surface area contributed by atoms with Crippen LogP contribution in [-0.4, -0.2) is 17.2 Å². The van der Waals surface area contributed by atoms with Crippen LogP contribution in [0.3, 0.4) is 0 Å². The molecule has 0 aliphatic rings. The minimum Gasteiger partial charge on any atom is -0.423 e. The van der Waals surface area contributed by atoms with E-state index in [9.17, 15) is 10.0 Å². The van der Waals surface area contributed by atoms with E-state index < -0.39 is 7.12 Å². The first-order chi connectivity index (χ1) is 13.1. The molecule has 3 rings (SSSR count). The fourth-order valence-electron chi connectivity index (χ4n) is 3.88. The molecule has 27 heavy (non-hydrogen) atoms. The minimum absolute atomic E-state index is 0.458. The quantitative estimate of drug-likeness (QED) is 0.707. The molecule has 2 nitrogen and oxygen atoms in total. The van der Waals surface area contributed by atoms with Gasteiger partial charge in [-0.3, -0.25) is 0 Å². The zero-order valence-corrected chi connectivity index (χ0v) is 15.7. The van der Waals surface area contributed by atoms with Gasteiger partial charge in [-0.2, -0.15) is 0 Å². The van der Waals surface area contributed by atoms with E-state index in [-0.39, 0.29) is 0 Å². The molecule has 0 spiro atoms. The van der Waals surface area contributed by atoms with Crippen molar-refractivity contribution in [1.82, 2.24) is 0 Å². The summed E-state index contributed by atoms with van der Waals surface area (Å²) in [6.07, 6.45) is 7.64. The highest BCUT2D eigenvalue weighted by Crippen LogP contribution is 2.33. The normalized spacial score (nSPS) is 12.4. The van der Waals surface area contributed by atoms with Crippen molar-refractivity contribution >= 4 is 47.7 Å². The number of fused-ring (bicyclic) bond motifs is 1. The van der Waals surface area contributed by atoms with Gasteiger partial charge in [-0.05, 0) is 62.8 Å². The fourth-order valence-corrected chi connectivity index (χ4v) is 3.88. The van der Waals surface area contributed by atoms with Gasteiger partial charge >= 0.3 is 7.12 Å². The monoisotopic (exact) mass is 354 g/mol. The Bertz CT molecular complexity index is 1160. The lowest BCUT2D eigenvalue weighted by Crippen LogP contribution is -2.34. The highest BCUT2D eigenvalue weighted by atomic mass is 16.4. The van der Waals surface area contributed by atoms with E-state index in [1.807, 2.05) is 44.2 Å². The van der Waals surface area contributed by atoms with Gasteiger partial charge in [0.25, 0.3) is 0 Å². The zero-order valence-electron chi connectivity index (χ0n) is 15.7. The maximum absolute atomic E-state index is 10.1. The summed E-state index contributed by atoms with van der Waals surface area (Å²) < 4.78 is 0. The molecule has 0 aliphatic heterocycles. The topological polar surface area (TPSA) is 40.5 Å². The molecular weight excluding hydrogens is 331 g/mol. The Morgan fingerprint density at radius 3 is 2.04 bits per heavy atom. The van der Waals surface area contributed by atoms with Crippen molar-refractivity contribution in [3.63, 3.8) is 0 Å². The van der Waals surface area contributed by atoms with Crippen LogP contribution in [0.1, 0.15) is 25.0 Å². The first kappa shape index (κ1) is 18.9. The average molecular weight is 354 g/mol. The molecule has 3 heteroatoms. The SMILES string of the molecule is C=Cc1c(C=C)c(-c2cccc(=C/C)/c2=C\C)c2ccccc2c1B(O)O. The van der Waals surface area contributed by atoms with E-state index in [4.69, 9.17) is 0 Å². The maximum atomic E-state index is 10.1. The Hall–Kier alpha value is -2.88. The number of rotatable bonds is 4. The van der Waals surface area contributed by atoms with Crippen molar-refractivity contribution in [2.75, 3.05) is 0 Å². The van der Waals surface area contributed by atoms with E-state index in [0.717, 1.165) is 37.9 Å². The largest absolute Gasteiger partial charge is 0.489 e. The van der Waals surface area contributed by atoms with Crippen LogP contribution >= 0.6 is 0 Å². The first-order valence-electron chi connectivity index (χ1n) is 9.00. The van der Waals surface area contributed by atoms with Crippen molar-refractivity contribution in [2.45, 2.75) is 13.8 Å². The van der Waals surface area contributed by atoms with Gasteiger partial charge in [-0.15, -0.1) is 0 Å². The molecule has 3 aromatic carbocycles. The van der Waals surface area contributed by atoms with Crippen LogP contribution in [0.4, 0.5) is 0 Å². The van der Waals surface area contributed by atoms with Crippen molar-refractivity contribution in [1.29, 1.82) is 0 Å². The fraction of sp³-hybridized carbons (Fsp3) is 0.0833. The standard InChI is InChI=1S/C24H23BO2/c1-5-16-12-11-15-20(17(16)6-2)23-18(7-3)19(8-4)24(25(26)27)22-14-10-9-13-21(22)23/h5-15,26-27H,3-4H2,1-2H3/b16-5-,17-6+. The average Bonchev–Trinajstić information content (AvgIpc) is 2.70. The van der Waals surface area contributed by atoms with Crippen LogP contribution in [0.15, 0.2) is 55.6 Å². The molecule has 0 fully saturated rings. The molecule has 0 atom stereocenters. The third-order valence-electron chi connectivity index (χ3n) is 5.01. The molecule has 2 N–H and O–H groups in total. The molecule has 0 aromatic heterocycles. The lowest BCUT2D eigenvalue weighted by atomic mass is 9.70. The van der Waals surface area contributed by atoms with Gasteiger partial charge in [0.1, 0.15) is 0 Å². The molecule has 0 radical (unpaired) electrons. The van der Waals surface area contributed by atoms with Crippen molar-refractivity contribution in [2.24, 2.45) is 0 Å². The minimum atomic E-state index is -1.59. The van der Waals surface area contributed by atoms with E-state index in [2.05, 4.69) is 37.4 Å². The van der Waals surface area contributed by atoms with Gasteiger partial charge in [0.05, 0.1) is 0 Å². The molecule has 0 unspecified atom stereocenters. The lowest BCUT2D eigenvalue weighted by Gasteiger charge is -2.20. The smallest absolute Gasteiger partial charge is 0.423 e. The van der Waals surface area contributed by atoms with Gasteiger partial charge in [0, 0.05) is 0 Å². The van der Waals surface area contributed by atoms with Gasteiger partial charge in [0.2, 0.25) is 0 Å². The highest BCUT2D eigenvalue weighted by Gasteiger charge is 2.24. The van der Waals surface area contributed by atoms with Crippen molar-refractivity contribution in [3.8, 4) is 11.1 Å². The summed E-state index contributed by atoms with van der Waals surface area (Å²) in [4.78, 5) is 0. The van der Waals surface area contributed by atoms with E-state index >= 15 is 0 Å². The predicted octanol–water partition coefficient (Wildman–Crippen LogP) is 3.07. The summed E-state index contributed by atoms with van der Waals surface area (Å²) in [6.45, 7) is 12.0. The summed E-state index contributed by atoms with van der Waals surface area (Å²) in [6, 6.07) is 14.0. The Morgan fingerprint density at radius 1 is 0.815 bits per heavy atom. The van der Waals surface area contributed by atoms with E-state index in [1.54, 1.807) is 12.2 Å². The van der Waals surface area contributed by atoms with Crippen LogP contribution < -0.4 is 15.9 Å². The van der Waals surface area contributed by atoms with Crippen LogP contribution in [-0.2, 0) is 0 Å². The number of hydrogen-bond donors (Lipinski definition) is 2. The number of benzene rings is 3. The van der Waals surface area contributed by atoms with Crippen molar-refractivity contribution in [3.05, 3.63) is 77.2 Å². The molecule has 0 aliphatic carbocycles. The van der Waals surface area contributed by atoms with Crippen LogP contribution in [0.25, 0.3) is 46.2 Å². The van der Waals surface area contributed by atoms with Crippen molar-refractivity contribution < 1.29 is 10.0 Å². The number of hydrogen-bond acceptors (Lipinski definition) is 2. The summed E-state index contributed by atoms with van der Waals surface area (Å²) in [5.41, 5.74) is 4.11. The zero-order chi connectivity index (χ0) is 19.6. The summed E-state index contributed by atoms with van der Waals surface area (Å²) >= 11 is 0. The van der Waals surface area contributed by atoms with Gasteiger partial charge in [-0.1, -0.05) is 79.9 Å². The lowest BCUT2D eigenvalue weighted by molar-refractivity contribution is 0.426. The molecule has 0 saturated carbocycles. The van der Waals surface area contributed by atoms with E-state index in [0.29, 0.717) is 11.0 Å². The summed E-state index contributed by atoms with van der Waals surface area (Å²) in [7, 11) is -1.59.